The predicted molar refractivity (Wildman–Crippen MR) is 86.2 cm³/mol. The van der Waals surface area contributed by atoms with Crippen LogP contribution < -0.4 is 5.73 Å². The number of rotatable bonds is 1. The number of aromatic hydroxyl groups is 1. The zero-order valence-electron chi connectivity index (χ0n) is 11.5. The maximum Gasteiger partial charge on any atom is 0.125 e. The molecule has 102 valence electrons. The fraction of sp³-hybridized carbons (Fsp3) is 0.0526. The molecule has 0 saturated carbocycles. The third-order valence-corrected chi connectivity index (χ3v) is 4.19. The standard InChI is InChI=1S/C19H15NO/c20-17-9-4-10-18(21)19(17)15-8-3-7-14-13-6-2-1-5-12(13)11-16(14)15/h1-10,21H,11,20H2. The van der Waals surface area contributed by atoms with Gasteiger partial charge in [-0.2, -0.15) is 0 Å². The lowest BCUT2D eigenvalue weighted by atomic mass is 9.94. The number of phenols is 1. The van der Waals surface area contributed by atoms with Gasteiger partial charge >= 0.3 is 0 Å². The van der Waals surface area contributed by atoms with Crippen LogP contribution in [0, 0.1) is 0 Å². The molecule has 0 amide bonds. The first-order valence-corrected chi connectivity index (χ1v) is 7.03. The van der Waals surface area contributed by atoms with Crippen molar-refractivity contribution in [2.75, 3.05) is 5.73 Å². The van der Waals surface area contributed by atoms with Gasteiger partial charge in [0.2, 0.25) is 0 Å². The fourth-order valence-corrected chi connectivity index (χ4v) is 3.24. The van der Waals surface area contributed by atoms with E-state index in [1.54, 1.807) is 12.1 Å². The molecule has 3 aromatic carbocycles. The van der Waals surface area contributed by atoms with Gasteiger partial charge in [0.1, 0.15) is 5.75 Å². The average Bonchev–Trinajstić information content (AvgIpc) is 2.87. The molecule has 0 spiro atoms. The van der Waals surface area contributed by atoms with Crippen LogP contribution in [0.4, 0.5) is 5.69 Å². The van der Waals surface area contributed by atoms with Crippen LogP contribution >= 0.6 is 0 Å². The molecule has 1 aliphatic carbocycles. The Bertz CT molecular complexity index is 832. The molecule has 0 fully saturated rings. The number of nitrogens with two attached hydrogens (primary N) is 1. The first kappa shape index (κ1) is 12.0. The Kier molecular flexibility index (Phi) is 2.51. The zero-order valence-corrected chi connectivity index (χ0v) is 11.5. The summed E-state index contributed by atoms with van der Waals surface area (Å²) in [5.41, 5.74) is 13.6. The van der Waals surface area contributed by atoms with Crippen molar-refractivity contribution >= 4 is 5.69 Å². The summed E-state index contributed by atoms with van der Waals surface area (Å²) in [5, 5.41) is 10.2. The molecular weight excluding hydrogens is 258 g/mol. The molecule has 4 rings (SSSR count). The van der Waals surface area contributed by atoms with Gasteiger partial charge in [0.15, 0.2) is 0 Å². The largest absolute Gasteiger partial charge is 0.507 e. The molecular formula is C19H15NO. The molecule has 1 aliphatic rings. The van der Waals surface area contributed by atoms with Crippen molar-refractivity contribution in [3.63, 3.8) is 0 Å². The van der Waals surface area contributed by atoms with Crippen LogP contribution in [0.5, 0.6) is 5.75 Å². The monoisotopic (exact) mass is 273 g/mol. The third kappa shape index (κ3) is 1.73. The highest BCUT2D eigenvalue weighted by Gasteiger charge is 2.22. The second-order valence-corrected chi connectivity index (χ2v) is 5.41. The van der Waals surface area contributed by atoms with Crippen LogP contribution in [-0.4, -0.2) is 5.11 Å². The Morgan fingerprint density at radius 2 is 1.48 bits per heavy atom. The van der Waals surface area contributed by atoms with Gasteiger partial charge in [0.05, 0.1) is 0 Å². The van der Waals surface area contributed by atoms with Gasteiger partial charge in [-0.15, -0.1) is 0 Å². The smallest absolute Gasteiger partial charge is 0.125 e. The molecule has 0 bridgehead atoms. The van der Waals surface area contributed by atoms with Gasteiger partial charge in [-0.05, 0) is 46.4 Å². The molecule has 0 saturated heterocycles. The summed E-state index contributed by atoms with van der Waals surface area (Å²) < 4.78 is 0. The van der Waals surface area contributed by atoms with Gasteiger partial charge in [-0.3, -0.25) is 0 Å². The van der Waals surface area contributed by atoms with E-state index in [0.29, 0.717) is 5.69 Å². The molecule has 2 nitrogen and oxygen atoms in total. The lowest BCUT2D eigenvalue weighted by Crippen LogP contribution is -1.94. The van der Waals surface area contributed by atoms with E-state index >= 15 is 0 Å². The van der Waals surface area contributed by atoms with Crippen molar-refractivity contribution in [1.82, 2.24) is 0 Å². The Morgan fingerprint density at radius 3 is 2.33 bits per heavy atom. The van der Waals surface area contributed by atoms with Crippen molar-refractivity contribution in [3.8, 4) is 28.0 Å². The van der Waals surface area contributed by atoms with E-state index in [1.165, 1.54) is 22.3 Å². The van der Waals surface area contributed by atoms with Crippen molar-refractivity contribution in [2.24, 2.45) is 0 Å². The van der Waals surface area contributed by atoms with Crippen molar-refractivity contribution < 1.29 is 5.11 Å². The molecule has 0 unspecified atom stereocenters. The number of fused-ring (bicyclic) bond motifs is 3. The quantitative estimate of drug-likeness (QED) is 0.510. The van der Waals surface area contributed by atoms with Crippen LogP contribution in [0.2, 0.25) is 0 Å². The van der Waals surface area contributed by atoms with Gasteiger partial charge in [0.25, 0.3) is 0 Å². The molecule has 2 heteroatoms. The first-order valence-electron chi connectivity index (χ1n) is 7.03. The maximum atomic E-state index is 10.2. The van der Waals surface area contributed by atoms with Gasteiger partial charge in [0, 0.05) is 11.3 Å². The van der Waals surface area contributed by atoms with Crippen LogP contribution in [-0.2, 0) is 6.42 Å². The van der Waals surface area contributed by atoms with Crippen molar-refractivity contribution in [1.29, 1.82) is 0 Å². The van der Waals surface area contributed by atoms with Crippen molar-refractivity contribution in [2.45, 2.75) is 6.42 Å². The van der Waals surface area contributed by atoms with E-state index in [9.17, 15) is 5.11 Å². The molecule has 3 aromatic rings. The lowest BCUT2D eigenvalue weighted by Gasteiger charge is -2.12. The molecule has 0 aliphatic heterocycles. The molecule has 0 radical (unpaired) electrons. The summed E-state index contributed by atoms with van der Waals surface area (Å²) in [6.07, 6.45) is 0.884. The summed E-state index contributed by atoms with van der Waals surface area (Å²) in [6, 6.07) is 19.9. The lowest BCUT2D eigenvalue weighted by molar-refractivity contribution is 0.477. The number of hydrogen-bond donors (Lipinski definition) is 2. The van der Waals surface area contributed by atoms with Gasteiger partial charge < -0.3 is 10.8 Å². The van der Waals surface area contributed by atoms with Crippen molar-refractivity contribution in [3.05, 3.63) is 71.8 Å². The highest BCUT2D eigenvalue weighted by atomic mass is 16.3. The van der Waals surface area contributed by atoms with E-state index in [0.717, 1.165) is 17.5 Å². The summed E-state index contributed by atoms with van der Waals surface area (Å²) in [4.78, 5) is 0. The Hall–Kier alpha value is -2.74. The third-order valence-electron chi connectivity index (χ3n) is 4.19. The second kappa shape index (κ2) is 4.38. The number of benzene rings is 3. The number of nitrogen functional groups attached to an aromatic ring is 1. The normalized spacial score (nSPS) is 12.0. The van der Waals surface area contributed by atoms with Crippen LogP contribution in [0.3, 0.4) is 0 Å². The van der Waals surface area contributed by atoms with Crippen LogP contribution in [0.15, 0.2) is 60.7 Å². The highest BCUT2D eigenvalue weighted by molar-refractivity contribution is 5.90. The Balaban J connectivity index is 1.99. The van der Waals surface area contributed by atoms with Crippen LogP contribution in [0.25, 0.3) is 22.3 Å². The molecule has 0 heterocycles. The molecule has 3 N–H and O–H groups in total. The van der Waals surface area contributed by atoms with E-state index in [-0.39, 0.29) is 5.75 Å². The highest BCUT2D eigenvalue weighted by Crippen LogP contribution is 2.44. The SMILES string of the molecule is Nc1cccc(O)c1-c1cccc2c1Cc1ccccc1-2. The minimum absolute atomic E-state index is 0.236. The van der Waals surface area contributed by atoms with E-state index < -0.39 is 0 Å². The van der Waals surface area contributed by atoms with Gasteiger partial charge in [-0.25, -0.2) is 0 Å². The van der Waals surface area contributed by atoms with E-state index in [4.69, 9.17) is 5.73 Å². The molecule has 21 heavy (non-hydrogen) atoms. The Labute approximate surface area is 123 Å². The van der Waals surface area contributed by atoms with Gasteiger partial charge in [-0.1, -0.05) is 48.5 Å². The number of anilines is 1. The molecule has 0 aromatic heterocycles. The first-order chi connectivity index (χ1) is 10.3. The number of hydrogen-bond acceptors (Lipinski definition) is 2. The zero-order chi connectivity index (χ0) is 14.4. The minimum atomic E-state index is 0.236. The fourth-order valence-electron chi connectivity index (χ4n) is 3.24. The maximum absolute atomic E-state index is 10.2. The van der Waals surface area contributed by atoms with E-state index in [2.05, 4.69) is 30.3 Å². The summed E-state index contributed by atoms with van der Waals surface area (Å²) in [7, 11) is 0. The topological polar surface area (TPSA) is 46.2 Å². The summed E-state index contributed by atoms with van der Waals surface area (Å²) in [6.45, 7) is 0. The molecule has 0 atom stereocenters. The summed E-state index contributed by atoms with van der Waals surface area (Å²) in [5.74, 6) is 0.236. The number of phenolic OH excluding ortho intramolecular Hbond substituents is 1. The van der Waals surface area contributed by atoms with Crippen LogP contribution in [0.1, 0.15) is 11.1 Å². The van der Waals surface area contributed by atoms with E-state index in [1.807, 2.05) is 18.2 Å². The average molecular weight is 273 g/mol. The predicted octanol–water partition coefficient (Wildman–Crippen LogP) is 4.21. The second-order valence-electron chi connectivity index (χ2n) is 5.41. The minimum Gasteiger partial charge on any atom is -0.507 e. The summed E-state index contributed by atoms with van der Waals surface area (Å²) >= 11 is 0. The Morgan fingerprint density at radius 1 is 0.762 bits per heavy atom.